The van der Waals surface area contributed by atoms with Gasteiger partial charge in [-0.15, -0.1) is 0 Å². The first kappa shape index (κ1) is 15.0. The second kappa shape index (κ2) is 6.93. The third-order valence-corrected chi connectivity index (χ3v) is 3.83. The van der Waals surface area contributed by atoms with E-state index in [0.29, 0.717) is 11.3 Å². The minimum Gasteiger partial charge on any atom is -0.483 e. The van der Waals surface area contributed by atoms with Crippen LogP contribution >= 0.6 is 0 Å². The highest BCUT2D eigenvalue weighted by atomic mass is 16.5. The zero-order valence-electron chi connectivity index (χ0n) is 12.7. The number of aryl methyl sites for hydroxylation is 1. The number of hydrogen-bond donors (Lipinski definition) is 1. The molecule has 0 radical (unpaired) electrons. The summed E-state index contributed by atoms with van der Waals surface area (Å²) in [4.78, 5) is 16.4. The van der Waals surface area contributed by atoms with Crippen molar-refractivity contribution in [2.75, 3.05) is 11.9 Å². The highest BCUT2D eigenvalue weighted by molar-refractivity contribution is 5.92. The van der Waals surface area contributed by atoms with Crippen molar-refractivity contribution in [3.05, 3.63) is 53.3 Å². The van der Waals surface area contributed by atoms with Crippen molar-refractivity contribution < 1.29 is 9.53 Å². The molecule has 1 aliphatic carbocycles. The molecule has 116 valence electrons. The molecule has 0 unspecified atom stereocenters. The van der Waals surface area contributed by atoms with Gasteiger partial charge in [-0.3, -0.25) is 9.78 Å². The van der Waals surface area contributed by atoms with Crippen molar-refractivity contribution in [2.24, 2.45) is 0 Å². The van der Waals surface area contributed by atoms with Crippen LogP contribution in [0.5, 0.6) is 5.75 Å². The fourth-order valence-electron chi connectivity index (χ4n) is 2.73. The van der Waals surface area contributed by atoms with Crippen LogP contribution in [0.2, 0.25) is 0 Å². The van der Waals surface area contributed by atoms with Gasteiger partial charge in [-0.05, 0) is 49.9 Å². The van der Waals surface area contributed by atoms with Crippen molar-refractivity contribution >= 4 is 11.6 Å². The first-order valence-electron chi connectivity index (χ1n) is 7.66. The molecule has 0 atom stereocenters. The molecule has 3 rings (SSSR count). The number of benzene rings is 1. The van der Waals surface area contributed by atoms with Gasteiger partial charge in [0.05, 0.1) is 11.6 Å². The van der Waals surface area contributed by atoms with Gasteiger partial charge in [-0.1, -0.05) is 6.07 Å². The first-order chi connectivity index (χ1) is 11.3. The molecule has 5 heteroatoms. The summed E-state index contributed by atoms with van der Waals surface area (Å²) in [6, 6.07) is 10.7. The summed E-state index contributed by atoms with van der Waals surface area (Å²) in [5.74, 6) is 0.497. The lowest BCUT2D eigenvalue weighted by atomic mass is 9.95. The summed E-state index contributed by atoms with van der Waals surface area (Å²) >= 11 is 0. The smallest absolute Gasteiger partial charge is 0.262 e. The molecule has 0 saturated heterocycles. The van der Waals surface area contributed by atoms with Gasteiger partial charge in [-0.2, -0.15) is 5.26 Å². The zero-order valence-corrected chi connectivity index (χ0v) is 12.7. The molecule has 5 nitrogen and oxygen atoms in total. The summed E-state index contributed by atoms with van der Waals surface area (Å²) in [5, 5.41) is 11.6. The van der Waals surface area contributed by atoms with Crippen molar-refractivity contribution in [3.63, 3.8) is 0 Å². The Bertz CT molecular complexity index is 765. The minimum atomic E-state index is -0.249. The normalized spacial score (nSPS) is 12.8. The maximum Gasteiger partial charge on any atom is 0.262 e. The lowest BCUT2D eigenvalue weighted by Crippen LogP contribution is -2.21. The van der Waals surface area contributed by atoms with Crippen LogP contribution in [-0.4, -0.2) is 17.5 Å². The highest BCUT2D eigenvalue weighted by Crippen LogP contribution is 2.27. The van der Waals surface area contributed by atoms with E-state index in [9.17, 15) is 4.79 Å². The van der Waals surface area contributed by atoms with E-state index in [0.717, 1.165) is 42.7 Å². The number of rotatable bonds is 4. The predicted molar refractivity (Wildman–Crippen MR) is 86.2 cm³/mol. The highest BCUT2D eigenvalue weighted by Gasteiger charge is 2.15. The predicted octanol–water partition coefficient (Wildman–Crippen LogP) is 2.85. The number of anilines is 1. The van der Waals surface area contributed by atoms with E-state index in [1.54, 1.807) is 30.5 Å². The van der Waals surface area contributed by atoms with E-state index in [2.05, 4.69) is 10.3 Å². The average molecular weight is 307 g/mol. The largest absolute Gasteiger partial charge is 0.483 e. The summed E-state index contributed by atoms with van der Waals surface area (Å²) in [6.07, 6.45) is 5.93. The Morgan fingerprint density at radius 2 is 2.17 bits per heavy atom. The Morgan fingerprint density at radius 3 is 3.04 bits per heavy atom. The van der Waals surface area contributed by atoms with E-state index >= 15 is 0 Å². The number of nitriles is 1. The van der Waals surface area contributed by atoms with E-state index in [1.807, 2.05) is 12.1 Å². The van der Waals surface area contributed by atoms with Crippen LogP contribution in [0.4, 0.5) is 5.69 Å². The van der Waals surface area contributed by atoms with Crippen molar-refractivity contribution in [2.45, 2.75) is 25.7 Å². The third kappa shape index (κ3) is 3.67. The monoisotopic (exact) mass is 307 g/mol. The Hall–Kier alpha value is -2.87. The molecule has 23 heavy (non-hydrogen) atoms. The lowest BCUT2D eigenvalue weighted by Gasteiger charge is -2.18. The number of aromatic nitrogens is 1. The molecule has 0 aliphatic heterocycles. The number of amides is 1. The number of fused-ring (bicyclic) bond motifs is 1. The second-order valence-corrected chi connectivity index (χ2v) is 5.47. The third-order valence-electron chi connectivity index (χ3n) is 3.83. The molecule has 0 spiro atoms. The topological polar surface area (TPSA) is 75.0 Å². The SMILES string of the molecule is N#Cc1cccc(NC(=O)COc2ccnc3c2CCCC3)c1. The molecule has 1 aromatic carbocycles. The standard InChI is InChI=1S/C18H17N3O2/c19-11-13-4-3-5-14(10-13)21-18(22)12-23-17-8-9-20-16-7-2-1-6-15(16)17/h3-5,8-10H,1-2,6-7,12H2,(H,21,22). The Labute approximate surface area is 134 Å². The lowest BCUT2D eigenvalue weighted by molar-refractivity contribution is -0.118. The zero-order chi connectivity index (χ0) is 16.1. The van der Waals surface area contributed by atoms with Gasteiger partial charge < -0.3 is 10.1 Å². The second-order valence-electron chi connectivity index (χ2n) is 5.47. The number of nitrogens with zero attached hydrogens (tertiary/aromatic N) is 2. The fraction of sp³-hybridized carbons (Fsp3) is 0.278. The number of carbonyl (C=O) groups is 1. The summed E-state index contributed by atoms with van der Waals surface area (Å²) in [6.45, 7) is -0.0623. The minimum absolute atomic E-state index is 0.0623. The van der Waals surface area contributed by atoms with Crippen LogP contribution in [0.25, 0.3) is 0 Å². The molecule has 1 amide bonds. The Balaban J connectivity index is 1.62. The van der Waals surface area contributed by atoms with Crippen LogP contribution in [0.15, 0.2) is 36.5 Å². The van der Waals surface area contributed by atoms with Gasteiger partial charge in [-0.25, -0.2) is 0 Å². The molecule has 1 aliphatic rings. The molecule has 2 aromatic rings. The van der Waals surface area contributed by atoms with Crippen LogP contribution in [0.3, 0.4) is 0 Å². The van der Waals surface area contributed by atoms with Gasteiger partial charge in [0, 0.05) is 23.1 Å². The molecule has 0 bridgehead atoms. The first-order valence-corrected chi connectivity index (χ1v) is 7.66. The summed E-state index contributed by atoms with van der Waals surface area (Å²) in [5.41, 5.74) is 3.30. The van der Waals surface area contributed by atoms with E-state index < -0.39 is 0 Å². The Kier molecular flexibility index (Phi) is 4.53. The number of hydrogen-bond acceptors (Lipinski definition) is 4. The quantitative estimate of drug-likeness (QED) is 0.942. The fourth-order valence-corrected chi connectivity index (χ4v) is 2.73. The molecule has 0 fully saturated rings. The summed E-state index contributed by atoms with van der Waals surface area (Å²) in [7, 11) is 0. The molecular formula is C18H17N3O2. The maximum absolute atomic E-state index is 12.0. The van der Waals surface area contributed by atoms with Gasteiger partial charge in [0.1, 0.15) is 5.75 Å². The van der Waals surface area contributed by atoms with Crippen LogP contribution < -0.4 is 10.1 Å². The van der Waals surface area contributed by atoms with Crippen LogP contribution in [-0.2, 0) is 17.6 Å². The summed E-state index contributed by atoms with van der Waals surface area (Å²) < 4.78 is 5.68. The van der Waals surface area contributed by atoms with Crippen LogP contribution in [0.1, 0.15) is 29.7 Å². The van der Waals surface area contributed by atoms with Gasteiger partial charge in [0.15, 0.2) is 6.61 Å². The van der Waals surface area contributed by atoms with Crippen molar-refractivity contribution in [1.29, 1.82) is 5.26 Å². The van der Waals surface area contributed by atoms with Gasteiger partial charge >= 0.3 is 0 Å². The van der Waals surface area contributed by atoms with Gasteiger partial charge in [0.25, 0.3) is 5.91 Å². The van der Waals surface area contributed by atoms with Crippen molar-refractivity contribution in [1.82, 2.24) is 4.98 Å². The molecule has 1 N–H and O–H groups in total. The number of nitrogens with one attached hydrogen (secondary N) is 1. The average Bonchev–Trinajstić information content (AvgIpc) is 2.60. The van der Waals surface area contributed by atoms with E-state index in [1.165, 1.54) is 0 Å². The van der Waals surface area contributed by atoms with E-state index in [-0.39, 0.29) is 12.5 Å². The molecule has 1 heterocycles. The number of ether oxygens (including phenoxy) is 1. The maximum atomic E-state index is 12.0. The van der Waals surface area contributed by atoms with E-state index in [4.69, 9.17) is 10.00 Å². The van der Waals surface area contributed by atoms with Crippen molar-refractivity contribution in [3.8, 4) is 11.8 Å². The molecular weight excluding hydrogens is 290 g/mol. The molecule has 1 aromatic heterocycles. The Morgan fingerprint density at radius 1 is 1.30 bits per heavy atom. The van der Waals surface area contributed by atoms with Gasteiger partial charge in [0.2, 0.25) is 0 Å². The van der Waals surface area contributed by atoms with Crippen LogP contribution in [0, 0.1) is 11.3 Å². The molecule has 0 saturated carbocycles. The number of carbonyl (C=O) groups excluding carboxylic acids is 1. The number of pyridine rings is 1.